The summed E-state index contributed by atoms with van der Waals surface area (Å²) in [7, 11) is -9.77. The van der Waals surface area contributed by atoms with Gasteiger partial charge in [0.25, 0.3) is 20.2 Å². The Balaban J connectivity index is 2.26. The first kappa shape index (κ1) is 23.2. The fraction of sp³-hybridized carbons (Fsp3) is 0.294. The van der Waals surface area contributed by atoms with Gasteiger partial charge in [-0.25, -0.2) is 0 Å². The third kappa shape index (κ3) is 4.45. The molecular weight excluding hydrogens is 476 g/mol. The Morgan fingerprint density at radius 1 is 1.10 bits per heavy atom. The van der Waals surface area contributed by atoms with Crippen LogP contribution in [-0.2, 0) is 25.0 Å². The number of carbonyl (C=O) groups is 1. The summed E-state index contributed by atoms with van der Waals surface area (Å²) in [5, 5.41) is 23.5. The number of aromatic hydroxyl groups is 2. The molecule has 168 valence electrons. The zero-order chi connectivity index (χ0) is 23.3. The van der Waals surface area contributed by atoms with E-state index in [1.807, 2.05) is 0 Å². The molecule has 14 heteroatoms. The highest BCUT2D eigenvalue weighted by atomic mass is 35.5. The summed E-state index contributed by atoms with van der Waals surface area (Å²) >= 11 is 6.15. The SMILES string of the molecule is CC1/C(=N\Nc2c(S(=O)(=O)O)cc3cc(S(=O)(=O)O)cc(O)c3c2O)C(=O)CCC1Cl. The van der Waals surface area contributed by atoms with Crippen molar-refractivity contribution in [1.82, 2.24) is 0 Å². The van der Waals surface area contributed by atoms with Gasteiger partial charge in [-0.15, -0.1) is 11.6 Å². The number of nitrogens with zero attached hydrogens (tertiary/aromatic N) is 1. The first-order valence-electron chi connectivity index (χ1n) is 8.70. The smallest absolute Gasteiger partial charge is 0.296 e. The Morgan fingerprint density at radius 3 is 2.32 bits per heavy atom. The fourth-order valence-corrected chi connectivity index (χ4v) is 4.70. The minimum Gasteiger partial charge on any atom is -0.507 e. The van der Waals surface area contributed by atoms with Gasteiger partial charge in [0.15, 0.2) is 11.5 Å². The van der Waals surface area contributed by atoms with Crippen molar-refractivity contribution in [3.8, 4) is 11.5 Å². The minimum absolute atomic E-state index is 0.00187. The van der Waals surface area contributed by atoms with Crippen molar-refractivity contribution < 1.29 is 40.9 Å². The van der Waals surface area contributed by atoms with E-state index in [1.54, 1.807) is 6.92 Å². The zero-order valence-corrected chi connectivity index (χ0v) is 18.2. The number of benzene rings is 2. The number of hydrogen-bond acceptors (Lipinski definition) is 9. The van der Waals surface area contributed by atoms with Crippen LogP contribution in [0.25, 0.3) is 10.8 Å². The quantitative estimate of drug-likeness (QED) is 0.183. The molecule has 0 heterocycles. The molecule has 0 amide bonds. The van der Waals surface area contributed by atoms with Crippen LogP contribution in [-0.4, -0.2) is 53.0 Å². The van der Waals surface area contributed by atoms with Crippen LogP contribution >= 0.6 is 11.6 Å². The number of alkyl halides is 1. The largest absolute Gasteiger partial charge is 0.507 e. The maximum atomic E-state index is 12.2. The minimum atomic E-state index is -5.00. The van der Waals surface area contributed by atoms with E-state index >= 15 is 0 Å². The molecule has 0 aliphatic heterocycles. The molecule has 0 bridgehead atoms. The fourth-order valence-electron chi connectivity index (χ4n) is 3.26. The Hall–Kier alpha value is -2.45. The first-order valence-corrected chi connectivity index (χ1v) is 12.0. The van der Waals surface area contributed by atoms with Crippen molar-refractivity contribution >= 4 is 59.8 Å². The lowest BCUT2D eigenvalue weighted by atomic mass is 9.87. The van der Waals surface area contributed by atoms with Crippen LogP contribution in [0.1, 0.15) is 19.8 Å². The normalized spacial score (nSPS) is 21.5. The van der Waals surface area contributed by atoms with Gasteiger partial charge in [0.05, 0.1) is 10.3 Å². The lowest BCUT2D eigenvalue weighted by Crippen LogP contribution is -2.35. The second kappa shape index (κ2) is 7.91. The van der Waals surface area contributed by atoms with Gasteiger partial charge in [-0.05, 0) is 23.9 Å². The summed E-state index contributed by atoms with van der Waals surface area (Å²) < 4.78 is 65.3. The molecule has 1 saturated carbocycles. The van der Waals surface area contributed by atoms with Crippen LogP contribution in [0.4, 0.5) is 5.69 Å². The number of rotatable bonds is 4. The summed E-state index contributed by atoms with van der Waals surface area (Å²) in [6, 6.07) is 2.20. The number of fused-ring (bicyclic) bond motifs is 1. The molecule has 3 rings (SSSR count). The predicted octanol–water partition coefficient (Wildman–Crippen LogP) is 2.12. The Kier molecular flexibility index (Phi) is 5.92. The molecule has 0 aromatic heterocycles. The van der Waals surface area contributed by atoms with Crippen molar-refractivity contribution in [3.63, 3.8) is 0 Å². The van der Waals surface area contributed by atoms with E-state index in [-0.39, 0.29) is 28.7 Å². The molecular formula is C17H17ClN2O9S2. The monoisotopic (exact) mass is 492 g/mol. The van der Waals surface area contributed by atoms with Crippen LogP contribution in [0.5, 0.6) is 11.5 Å². The van der Waals surface area contributed by atoms with Crippen molar-refractivity contribution in [2.24, 2.45) is 11.0 Å². The van der Waals surface area contributed by atoms with Crippen LogP contribution < -0.4 is 5.43 Å². The van der Waals surface area contributed by atoms with Gasteiger partial charge in [0.1, 0.15) is 22.0 Å². The topological polar surface area (TPSA) is 191 Å². The van der Waals surface area contributed by atoms with E-state index in [1.165, 1.54) is 0 Å². The molecule has 11 nitrogen and oxygen atoms in total. The van der Waals surface area contributed by atoms with E-state index in [0.29, 0.717) is 12.5 Å². The number of phenolic OH excluding ortho intramolecular Hbond substituents is 2. The number of nitrogens with one attached hydrogen (secondary N) is 1. The Morgan fingerprint density at radius 2 is 1.74 bits per heavy atom. The zero-order valence-electron chi connectivity index (χ0n) is 15.8. The first-order chi connectivity index (χ1) is 14.2. The highest BCUT2D eigenvalue weighted by Gasteiger charge is 2.32. The molecule has 2 aromatic rings. The lowest BCUT2D eigenvalue weighted by Gasteiger charge is -2.24. The van der Waals surface area contributed by atoms with Gasteiger partial charge in [-0.2, -0.15) is 21.9 Å². The summed E-state index contributed by atoms with van der Waals surface area (Å²) in [6.45, 7) is 1.64. The molecule has 1 aliphatic carbocycles. The molecule has 2 aromatic carbocycles. The van der Waals surface area contributed by atoms with E-state index in [0.717, 1.165) is 12.1 Å². The van der Waals surface area contributed by atoms with Crippen molar-refractivity contribution in [3.05, 3.63) is 18.2 Å². The lowest BCUT2D eigenvalue weighted by molar-refractivity contribution is -0.113. The maximum absolute atomic E-state index is 12.2. The molecule has 1 fully saturated rings. The highest BCUT2D eigenvalue weighted by Crippen LogP contribution is 2.43. The van der Waals surface area contributed by atoms with Crippen LogP contribution in [0.3, 0.4) is 0 Å². The third-order valence-electron chi connectivity index (χ3n) is 4.90. The van der Waals surface area contributed by atoms with Crippen molar-refractivity contribution in [2.75, 3.05) is 5.43 Å². The van der Waals surface area contributed by atoms with E-state index in [4.69, 9.17) is 11.6 Å². The molecule has 0 spiro atoms. The van der Waals surface area contributed by atoms with Gasteiger partial charge < -0.3 is 10.2 Å². The summed E-state index contributed by atoms with van der Waals surface area (Å²) in [4.78, 5) is 10.5. The second-order valence-corrected chi connectivity index (χ2v) is 10.3. The third-order valence-corrected chi connectivity index (χ3v) is 7.20. The average molecular weight is 493 g/mol. The van der Waals surface area contributed by atoms with E-state index in [9.17, 15) is 40.9 Å². The molecule has 1 aliphatic rings. The number of phenols is 2. The summed E-state index contributed by atoms with van der Waals surface area (Å²) in [6.07, 6.45) is 0.551. The van der Waals surface area contributed by atoms with Crippen LogP contribution in [0.2, 0.25) is 0 Å². The number of halogens is 1. The summed E-state index contributed by atoms with van der Waals surface area (Å²) in [5.74, 6) is -2.53. The molecule has 5 N–H and O–H groups in total. The highest BCUT2D eigenvalue weighted by molar-refractivity contribution is 7.86. The number of Topliss-reactive ketones (excluding diaryl/α,β-unsaturated/α-hetero) is 1. The Labute approximate surface area is 181 Å². The van der Waals surface area contributed by atoms with Gasteiger partial charge in [-0.1, -0.05) is 6.92 Å². The van der Waals surface area contributed by atoms with Crippen LogP contribution in [0.15, 0.2) is 33.1 Å². The number of ketones is 1. The standard InChI is InChI=1S/C17H17ClN2O9S2/c1-7-10(18)2-3-11(21)15(7)19-20-16-13(31(27,28)29)5-8-4-9(30(24,25)26)6-12(22)14(8)17(16)23/h4-7,10,20,22-23H,2-3H2,1H3,(H,24,25,26)(H,27,28,29)/b19-15+. The predicted molar refractivity (Wildman–Crippen MR) is 111 cm³/mol. The number of hydrazone groups is 1. The number of carbonyl (C=O) groups excluding carboxylic acids is 1. The molecule has 2 unspecified atom stereocenters. The molecule has 0 radical (unpaired) electrons. The Bertz CT molecular complexity index is 1340. The second-order valence-electron chi connectivity index (χ2n) is 6.96. The van der Waals surface area contributed by atoms with Gasteiger partial charge in [-0.3, -0.25) is 19.3 Å². The average Bonchev–Trinajstić information content (AvgIpc) is 2.64. The number of hydrogen-bond donors (Lipinski definition) is 5. The van der Waals surface area contributed by atoms with E-state index in [2.05, 4.69) is 10.5 Å². The molecule has 31 heavy (non-hydrogen) atoms. The van der Waals surface area contributed by atoms with E-state index < -0.39 is 58.5 Å². The summed E-state index contributed by atoms with van der Waals surface area (Å²) in [5.41, 5.74) is 1.58. The maximum Gasteiger partial charge on any atom is 0.296 e. The van der Waals surface area contributed by atoms with Crippen molar-refractivity contribution in [2.45, 2.75) is 34.9 Å². The van der Waals surface area contributed by atoms with Gasteiger partial charge in [0.2, 0.25) is 0 Å². The van der Waals surface area contributed by atoms with Gasteiger partial charge in [0, 0.05) is 23.8 Å². The van der Waals surface area contributed by atoms with Gasteiger partial charge >= 0.3 is 0 Å². The van der Waals surface area contributed by atoms with Crippen LogP contribution in [0, 0.1) is 5.92 Å². The molecule has 2 atom stereocenters. The molecule has 0 saturated heterocycles. The number of anilines is 1. The van der Waals surface area contributed by atoms with Crippen molar-refractivity contribution in [1.29, 1.82) is 0 Å².